The van der Waals surface area contributed by atoms with Crippen LogP contribution in [0.25, 0.3) is 0 Å². The second-order valence-electron chi connectivity index (χ2n) is 16.6. The van der Waals surface area contributed by atoms with E-state index in [9.17, 15) is 20.4 Å². The van der Waals surface area contributed by atoms with Gasteiger partial charge in [0.05, 0.1) is 12.7 Å². The van der Waals surface area contributed by atoms with Crippen molar-refractivity contribution in [2.75, 3.05) is 33.3 Å². The highest BCUT2D eigenvalue weighted by molar-refractivity contribution is 5.42. The van der Waals surface area contributed by atoms with Crippen molar-refractivity contribution in [1.82, 2.24) is 15.6 Å². The van der Waals surface area contributed by atoms with Gasteiger partial charge >= 0.3 is 0 Å². The zero-order chi connectivity index (χ0) is 39.2. The van der Waals surface area contributed by atoms with Gasteiger partial charge in [0.1, 0.15) is 24.2 Å². The number of hydrogen-bond acceptors (Lipinski definition) is 9. The van der Waals surface area contributed by atoms with Crippen molar-refractivity contribution in [3.8, 4) is 11.5 Å². The smallest absolute Gasteiger partial charge is 0.161 e. The zero-order valence-electron chi connectivity index (χ0n) is 34.0. The maximum Gasteiger partial charge on any atom is 0.161 e. The van der Waals surface area contributed by atoms with E-state index in [1.165, 1.54) is 62.6 Å². The number of fused-ring (bicyclic) bond motifs is 2. The highest BCUT2D eigenvalue weighted by Gasteiger charge is 2.42. The number of hydrogen-bond donors (Lipinski definition) is 8. The lowest BCUT2D eigenvalue weighted by Crippen LogP contribution is -2.47. The van der Waals surface area contributed by atoms with Gasteiger partial charge in [-0.25, -0.2) is 0 Å². The van der Waals surface area contributed by atoms with Crippen molar-refractivity contribution < 1.29 is 29.6 Å². The average molecular weight is 765 g/mol. The molecule has 7 atom stereocenters. The van der Waals surface area contributed by atoms with Crippen molar-refractivity contribution in [3.05, 3.63) is 69.9 Å². The third-order valence-electron chi connectivity index (χ3n) is 12.4. The van der Waals surface area contributed by atoms with Gasteiger partial charge < -0.3 is 50.9 Å². The molecule has 1 fully saturated rings. The summed E-state index contributed by atoms with van der Waals surface area (Å²) in [4.78, 5) is 3.58. The van der Waals surface area contributed by atoms with Crippen molar-refractivity contribution in [1.29, 1.82) is 0 Å². The zero-order valence-corrected chi connectivity index (χ0v) is 34.0. The normalized spacial score (nSPS) is 20.5. The van der Waals surface area contributed by atoms with Crippen LogP contribution in [-0.2, 0) is 32.3 Å². The summed E-state index contributed by atoms with van der Waals surface area (Å²) in [5, 5.41) is 49.2. The first-order chi connectivity index (χ1) is 26.7. The molecule has 55 heavy (non-hydrogen) atoms. The first-order valence-electron chi connectivity index (χ1n) is 21.6. The minimum atomic E-state index is -0.894. The molecule has 3 aromatic rings. The Hall–Kier alpha value is -2.86. The number of aliphatic hydroxyl groups excluding tert-OH is 3. The first-order valence-corrected chi connectivity index (χ1v) is 21.6. The highest BCUT2D eigenvalue weighted by Crippen LogP contribution is 2.49. The Bertz CT molecular complexity index is 1550. The second-order valence-corrected chi connectivity index (χ2v) is 16.6. The fraction of sp³-hybridized carbons (Fsp3) is 0.689. The number of furan rings is 1. The monoisotopic (exact) mass is 765 g/mol. The lowest BCUT2D eigenvalue weighted by atomic mass is 9.76. The molecule has 2 aliphatic carbocycles. The average Bonchev–Trinajstić information content (AvgIpc) is 3.91. The van der Waals surface area contributed by atoms with Crippen LogP contribution in [-0.4, -0.2) is 70.8 Å². The predicted octanol–water partition coefficient (Wildman–Crippen LogP) is 6.97. The number of likely N-dealkylation sites (N-methyl/N-ethyl adjacent to an activating group) is 1. The molecule has 0 amide bonds. The minimum absolute atomic E-state index is 0.000457. The molecule has 10 heteroatoms. The van der Waals surface area contributed by atoms with E-state index in [0.717, 1.165) is 80.0 Å². The number of aryl methyl sites for hydroxylation is 4. The van der Waals surface area contributed by atoms with Crippen LogP contribution in [0, 0.1) is 17.8 Å². The van der Waals surface area contributed by atoms with Gasteiger partial charge in [-0.1, -0.05) is 64.4 Å². The molecule has 7 unspecified atom stereocenters. The number of ether oxygens (including phenoxy) is 1. The minimum Gasteiger partial charge on any atom is -0.504 e. The molecule has 2 aromatic heterocycles. The molecule has 0 bridgehead atoms. The van der Waals surface area contributed by atoms with Gasteiger partial charge in [-0.2, -0.15) is 0 Å². The van der Waals surface area contributed by atoms with Crippen LogP contribution in [0.1, 0.15) is 143 Å². The molecule has 1 saturated carbocycles. The van der Waals surface area contributed by atoms with E-state index < -0.39 is 12.2 Å². The topological polar surface area (TPSA) is 169 Å². The van der Waals surface area contributed by atoms with Gasteiger partial charge in [0.2, 0.25) is 0 Å². The van der Waals surface area contributed by atoms with Crippen molar-refractivity contribution >= 4 is 0 Å². The molecule has 9 N–H and O–H groups in total. The largest absolute Gasteiger partial charge is 0.504 e. The van der Waals surface area contributed by atoms with E-state index in [1.54, 1.807) is 6.07 Å². The van der Waals surface area contributed by atoms with Gasteiger partial charge in [-0.3, -0.25) is 0 Å². The number of nitrogens with two attached hydrogens (primary N) is 1. The number of phenols is 1. The summed E-state index contributed by atoms with van der Waals surface area (Å²) >= 11 is 0. The molecular formula is C45H72N4O6. The standard InChI is InChI=1S/C45H72N4O6/c1-4-5-6-10-31(21-22-46)11-7-8-14-43-34(28-50)24-35(55-43)18-15-32-16-20-41(52)44(23-32)54-29-42(53)39-25-37-38(49-39)19-17-33-12-9-13-36(33)45(37)40(27-47-3)48-26-30(2)51/h16,20,23-25,30-31,33,36,40,42,45,47-53H,4-15,17-19,21-22,26-29,46H2,1-3H3. The predicted molar refractivity (Wildman–Crippen MR) is 220 cm³/mol. The number of aliphatic hydroxyl groups is 3. The summed E-state index contributed by atoms with van der Waals surface area (Å²) in [5.74, 6) is 4.32. The molecule has 0 saturated heterocycles. The summed E-state index contributed by atoms with van der Waals surface area (Å²) < 4.78 is 12.3. The molecule has 1 aromatic carbocycles. The molecular weight excluding hydrogens is 693 g/mol. The second kappa shape index (κ2) is 22.2. The number of aromatic hydroxyl groups is 1. The van der Waals surface area contributed by atoms with E-state index in [2.05, 4.69) is 28.6 Å². The van der Waals surface area contributed by atoms with Gasteiger partial charge in [0.25, 0.3) is 0 Å². The Morgan fingerprint density at radius 1 is 0.982 bits per heavy atom. The Kier molecular flexibility index (Phi) is 17.4. The van der Waals surface area contributed by atoms with Crippen LogP contribution in [0.5, 0.6) is 11.5 Å². The molecule has 2 heterocycles. The van der Waals surface area contributed by atoms with E-state index >= 15 is 0 Å². The summed E-state index contributed by atoms with van der Waals surface area (Å²) in [6, 6.07) is 9.65. The quantitative estimate of drug-likeness (QED) is 0.0425. The maximum atomic E-state index is 11.4. The Morgan fingerprint density at radius 3 is 2.55 bits per heavy atom. The van der Waals surface area contributed by atoms with Gasteiger partial charge in [0, 0.05) is 54.8 Å². The Morgan fingerprint density at radius 2 is 1.80 bits per heavy atom. The van der Waals surface area contributed by atoms with Gasteiger partial charge in [-0.05, 0) is 112 Å². The van der Waals surface area contributed by atoms with Gasteiger partial charge in [0.15, 0.2) is 11.5 Å². The molecule has 0 spiro atoms. The van der Waals surface area contributed by atoms with E-state index in [0.29, 0.717) is 42.9 Å². The van der Waals surface area contributed by atoms with Crippen molar-refractivity contribution in [2.24, 2.45) is 23.5 Å². The number of unbranched alkanes of at least 4 members (excludes halogenated alkanes) is 3. The fourth-order valence-corrected chi connectivity index (χ4v) is 9.48. The number of aromatic nitrogens is 1. The number of H-pyrrole nitrogens is 1. The van der Waals surface area contributed by atoms with Crippen LogP contribution in [0.2, 0.25) is 0 Å². The number of benzene rings is 1. The van der Waals surface area contributed by atoms with Crippen LogP contribution < -0.4 is 21.1 Å². The van der Waals surface area contributed by atoms with Crippen LogP contribution in [0.4, 0.5) is 0 Å². The lowest BCUT2D eigenvalue weighted by Gasteiger charge is -2.35. The summed E-state index contributed by atoms with van der Waals surface area (Å²) in [6.45, 7) is 6.11. The molecule has 10 nitrogen and oxygen atoms in total. The number of phenolic OH excluding ortho intramolecular Hbond substituents is 1. The van der Waals surface area contributed by atoms with E-state index in [4.69, 9.17) is 14.9 Å². The van der Waals surface area contributed by atoms with Gasteiger partial charge in [-0.15, -0.1) is 0 Å². The summed E-state index contributed by atoms with van der Waals surface area (Å²) in [7, 11) is 1.98. The Balaban J connectivity index is 1.17. The molecule has 5 rings (SSSR count). The van der Waals surface area contributed by atoms with Crippen LogP contribution >= 0.6 is 0 Å². The van der Waals surface area contributed by atoms with E-state index in [1.807, 2.05) is 32.2 Å². The highest BCUT2D eigenvalue weighted by atomic mass is 16.5. The molecule has 0 aliphatic heterocycles. The van der Waals surface area contributed by atoms with Crippen LogP contribution in [0.15, 0.2) is 34.7 Å². The third-order valence-corrected chi connectivity index (χ3v) is 12.4. The fourth-order valence-electron chi connectivity index (χ4n) is 9.48. The first kappa shape index (κ1) is 43.3. The van der Waals surface area contributed by atoms with Crippen molar-refractivity contribution in [2.45, 2.75) is 147 Å². The lowest BCUT2D eigenvalue weighted by molar-refractivity contribution is 0.103. The van der Waals surface area contributed by atoms with E-state index in [-0.39, 0.29) is 30.9 Å². The van der Waals surface area contributed by atoms with Crippen LogP contribution in [0.3, 0.4) is 0 Å². The number of aromatic amines is 1. The molecule has 308 valence electrons. The Labute approximate surface area is 330 Å². The molecule has 0 radical (unpaired) electrons. The third kappa shape index (κ3) is 12.3. The molecule has 2 aliphatic rings. The maximum absolute atomic E-state index is 11.4. The summed E-state index contributed by atoms with van der Waals surface area (Å²) in [5.41, 5.74) is 10.9. The number of nitrogens with one attached hydrogen (secondary N) is 3. The number of rotatable bonds is 25. The van der Waals surface area contributed by atoms with Crippen molar-refractivity contribution in [3.63, 3.8) is 0 Å². The summed E-state index contributed by atoms with van der Waals surface area (Å²) in [6.07, 6.45) is 16.2. The SMILES string of the molecule is CCCCCC(CCN)CCCCc1oc(CCc2ccc(O)c(OCC(O)c3cc4c([nH]3)CCC3CCCC3C4C(CNC)NCC(C)O)c2)cc1CO.